The number of hydrogen-bond donors (Lipinski definition) is 2. The number of guanidine groups is 1. The quantitative estimate of drug-likeness (QED) is 0.619. The summed E-state index contributed by atoms with van der Waals surface area (Å²) in [5, 5.41) is 6.39. The summed E-state index contributed by atoms with van der Waals surface area (Å²) < 4.78 is 18.4. The van der Waals surface area contributed by atoms with Gasteiger partial charge in [-0.05, 0) is 38.0 Å². The predicted octanol–water partition coefficient (Wildman–Crippen LogP) is 1.96. The molecule has 0 aliphatic rings. The van der Waals surface area contributed by atoms with Crippen molar-refractivity contribution in [3.8, 4) is 0 Å². The number of nitrogens with one attached hydrogen (secondary N) is 2. The summed E-state index contributed by atoms with van der Waals surface area (Å²) in [7, 11) is 3.40. The molecule has 1 aromatic rings. The zero-order valence-corrected chi connectivity index (χ0v) is 12.7. The molecule has 0 atom stereocenters. The first-order chi connectivity index (χ1) is 9.46. The van der Waals surface area contributed by atoms with Crippen molar-refractivity contribution < 1.29 is 9.13 Å². The first-order valence-electron chi connectivity index (χ1n) is 6.71. The number of benzene rings is 1. The molecule has 0 aromatic heterocycles. The fraction of sp³-hybridized carbons (Fsp3) is 0.533. The van der Waals surface area contributed by atoms with Crippen LogP contribution < -0.4 is 10.6 Å². The number of nitrogens with zero attached hydrogens (tertiary/aromatic N) is 1. The van der Waals surface area contributed by atoms with Gasteiger partial charge >= 0.3 is 0 Å². The van der Waals surface area contributed by atoms with Crippen molar-refractivity contribution in [3.63, 3.8) is 0 Å². The Morgan fingerprint density at radius 1 is 1.35 bits per heavy atom. The second kappa shape index (κ2) is 7.85. The Labute approximate surface area is 120 Å². The molecule has 0 saturated heterocycles. The van der Waals surface area contributed by atoms with Crippen LogP contribution in [0.3, 0.4) is 0 Å². The molecule has 0 heterocycles. The second-order valence-corrected chi connectivity index (χ2v) is 5.20. The molecule has 1 rings (SSSR count). The maximum Gasteiger partial charge on any atom is 0.191 e. The van der Waals surface area contributed by atoms with Gasteiger partial charge in [0.05, 0.1) is 5.60 Å². The Morgan fingerprint density at radius 3 is 2.70 bits per heavy atom. The molecule has 0 aliphatic carbocycles. The first-order valence-corrected chi connectivity index (χ1v) is 6.71. The largest absolute Gasteiger partial charge is 0.377 e. The van der Waals surface area contributed by atoms with E-state index in [4.69, 9.17) is 4.74 Å². The summed E-state index contributed by atoms with van der Waals surface area (Å²) in [6.45, 7) is 5.35. The molecule has 5 heteroatoms. The van der Waals surface area contributed by atoms with Gasteiger partial charge in [0.2, 0.25) is 0 Å². The van der Waals surface area contributed by atoms with Crippen molar-refractivity contribution in [2.24, 2.45) is 4.99 Å². The van der Waals surface area contributed by atoms with E-state index in [1.807, 2.05) is 19.9 Å². The summed E-state index contributed by atoms with van der Waals surface area (Å²) >= 11 is 0. The van der Waals surface area contributed by atoms with Crippen LogP contribution in [0.15, 0.2) is 29.3 Å². The average molecular weight is 281 g/mol. The van der Waals surface area contributed by atoms with Gasteiger partial charge in [0.1, 0.15) is 5.82 Å². The van der Waals surface area contributed by atoms with Gasteiger partial charge in [-0.1, -0.05) is 12.1 Å². The van der Waals surface area contributed by atoms with E-state index in [1.54, 1.807) is 26.3 Å². The highest BCUT2D eigenvalue weighted by molar-refractivity contribution is 5.79. The molecule has 20 heavy (non-hydrogen) atoms. The van der Waals surface area contributed by atoms with E-state index in [1.165, 1.54) is 6.07 Å². The molecule has 0 amide bonds. The molecule has 0 saturated carbocycles. The normalized spacial score (nSPS) is 12.3. The van der Waals surface area contributed by atoms with Crippen molar-refractivity contribution in [2.75, 3.05) is 27.2 Å². The molecule has 0 unspecified atom stereocenters. The third-order valence-electron chi connectivity index (χ3n) is 3.05. The van der Waals surface area contributed by atoms with Crippen LogP contribution in [0.2, 0.25) is 0 Å². The summed E-state index contributed by atoms with van der Waals surface area (Å²) in [5.41, 5.74) is 0.713. The van der Waals surface area contributed by atoms with Crippen LogP contribution in [0.25, 0.3) is 0 Å². The Bertz CT molecular complexity index is 446. The van der Waals surface area contributed by atoms with Gasteiger partial charge in [-0.25, -0.2) is 4.39 Å². The van der Waals surface area contributed by atoms with Gasteiger partial charge in [0.25, 0.3) is 0 Å². The summed E-state index contributed by atoms with van der Waals surface area (Å²) in [4.78, 5) is 4.14. The van der Waals surface area contributed by atoms with Crippen LogP contribution in [-0.4, -0.2) is 38.8 Å². The number of hydrogen-bond acceptors (Lipinski definition) is 2. The smallest absolute Gasteiger partial charge is 0.191 e. The van der Waals surface area contributed by atoms with E-state index >= 15 is 0 Å². The van der Waals surface area contributed by atoms with Gasteiger partial charge in [-0.3, -0.25) is 4.99 Å². The molecule has 0 spiro atoms. The lowest BCUT2D eigenvalue weighted by atomic mass is 10.1. The van der Waals surface area contributed by atoms with Crippen molar-refractivity contribution >= 4 is 5.96 Å². The van der Waals surface area contributed by atoms with Gasteiger partial charge in [-0.2, -0.15) is 0 Å². The number of aliphatic imine (C=N–C) groups is 1. The van der Waals surface area contributed by atoms with E-state index in [2.05, 4.69) is 15.6 Å². The standard InChI is InChI=1S/C15H24FN3O/c1-15(2,20-4)11-19-14(17-3)18-9-8-12-6-5-7-13(16)10-12/h5-7,10H,8-9,11H2,1-4H3,(H2,17,18,19). The van der Waals surface area contributed by atoms with Crippen molar-refractivity contribution in [2.45, 2.75) is 25.9 Å². The lowest BCUT2D eigenvalue weighted by molar-refractivity contribution is 0.0268. The number of methoxy groups -OCH3 is 1. The van der Waals surface area contributed by atoms with E-state index < -0.39 is 0 Å². The Hall–Kier alpha value is -1.62. The molecule has 0 bridgehead atoms. The van der Waals surface area contributed by atoms with Crippen LogP contribution in [0.5, 0.6) is 0 Å². The van der Waals surface area contributed by atoms with Crippen molar-refractivity contribution in [3.05, 3.63) is 35.6 Å². The molecule has 112 valence electrons. The van der Waals surface area contributed by atoms with Crippen LogP contribution >= 0.6 is 0 Å². The van der Waals surface area contributed by atoms with Gasteiger partial charge < -0.3 is 15.4 Å². The topological polar surface area (TPSA) is 45.7 Å². The maximum atomic E-state index is 13.0. The molecule has 0 radical (unpaired) electrons. The summed E-state index contributed by atoms with van der Waals surface area (Å²) in [6, 6.07) is 6.63. The highest BCUT2D eigenvalue weighted by Crippen LogP contribution is 2.05. The highest BCUT2D eigenvalue weighted by atomic mass is 19.1. The third kappa shape index (κ3) is 6.02. The van der Waals surface area contributed by atoms with E-state index in [0.717, 1.165) is 12.0 Å². The maximum absolute atomic E-state index is 13.0. The van der Waals surface area contributed by atoms with Gasteiger partial charge in [0, 0.05) is 27.2 Å². The monoisotopic (exact) mass is 281 g/mol. The Balaban J connectivity index is 2.35. The van der Waals surface area contributed by atoms with Crippen molar-refractivity contribution in [1.29, 1.82) is 0 Å². The van der Waals surface area contributed by atoms with Crippen LogP contribution in [0.4, 0.5) is 4.39 Å². The zero-order chi connectivity index (χ0) is 15.0. The fourth-order valence-electron chi connectivity index (χ4n) is 1.61. The zero-order valence-electron chi connectivity index (χ0n) is 12.7. The van der Waals surface area contributed by atoms with Gasteiger partial charge in [0.15, 0.2) is 5.96 Å². The number of ether oxygens (including phenoxy) is 1. The van der Waals surface area contributed by atoms with E-state index in [-0.39, 0.29) is 11.4 Å². The molecule has 0 fully saturated rings. The SMILES string of the molecule is CN=C(NCCc1cccc(F)c1)NCC(C)(C)OC. The highest BCUT2D eigenvalue weighted by Gasteiger charge is 2.16. The lowest BCUT2D eigenvalue weighted by Gasteiger charge is -2.24. The fourth-order valence-corrected chi connectivity index (χ4v) is 1.61. The third-order valence-corrected chi connectivity index (χ3v) is 3.05. The number of halogens is 1. The molecule has 1 aromatic carbocycles. The minimum absolute atomic E-state index is 0.202. The predicted molar refractivity (Wildman–Crippen MR) is 80.6 cm³/mol. The minimum atomic E-state index is -0.250. The molecular formula is C15H24FN3O. The van der Waals surface area contributed by atoms with E-state index in [9.17, 15) is 4.39 Å². The second-order valence-electron chi connectivity index (χ2n) is 5.20. The van der Waals surface area contributed by atoms with Crippen molar-refractivity contribution in [1.82, 2.24) is 10.6 Å². The summed E-state index contributed by atoms with van der Waals surface area (Å²) in [6.07, 6.45) is 0.742. The number of rotatable bonds is 6. The molecular weight excluding hydrogens is 257 g/mol. The van der Waals surface area contributed by atoms with Crippen LogP contribution in [0, 0.1) is 5.82 Å². The lowest BCUT2D eigenvalue weighted by Crippen LogP contribution is -2.45. The van der Waals surface area contributed by atoms with Crippen LogP contribution in [0.1, 0.15) is 19.4 Å². The molecule has 0 aliphatic heterocycles. The molecule has 2 N–H and O–H groups in total. The summed E-state index contributed by atoms with van der Waals surface area (Å²) in [5.74, 6) is 0.512. The molecule has 4 nitrogen and oxygen atoms in total. The minimum Gasteiger partial charge on any atom is -0.377 e. The Morgan fingerprint density at radius 2 is 2.10 bits per heavy atom. The van der Waals surface area contributed by atoms with Crippen LogP contribution in [-0.2, 0) is 11.2 Å². The first kappa shape index (κ1) is 16.4. The Kier molecular flexibility index (Phi) is 6.45. The average Bonchev–Trinajstić information content (AvgIpc) is 2.42. The van der Waals surface area contributed by atoms with Gasteiger partial charge in [-0.15, -0.1) is 0 Å². The van der Waals surface area contributed by atoms with E-state index in [0.29, 0.717) is 19.0 Å².